The molecule has 0 radical (unpaired) electrons. The van der Waals surface area contributed by atoms with E-state index in [0.29, 0.717) is 6.04 Å². The minimum absolute atomic E-state index is 0.472. The van der Waals surface area contributed by atoms with Crippen LogP contribution < -0.4 is 10.2 Å². The standard InChI is InChI=1S/C16H30N4/c1-5-15-12-20(13(3)4)16(18-15)19(6-2)11-14-7-9-17-10-8-14/h12-14,17H,5-11H2,1-4H3. The lowest BCUT2D eigenvalue weighted by Crippen LogP contribution is -2.37. The molecule has 2 heterocycles. The summed E-state index contributed by atoms with van der Waals surface area (Å²) in [5, 5.41) is 3.45. The van der Waals surface area contributed by atoms with Crippen LogP contribution in [0.25, 0.3) is 0 Å². The summed E-state index contributed by atoms with van der Waals surface area (Å²) in [6.45, 7) is 13.4. The summed E-state index contributed by atoms with van der Waals surface area (Å²) < 4.78 is 2.34. The van der Waals surface area contributed by atoms with Gasteiger partial charge in [0.15, 0.2) is 0 Å². The largest absolute Gasteiger partial charge is 0.342 e. The number of hydrogen-bond acceptors (Lipinski definition) is 3. The smallest absolute Gasteiger partial charge is 0.205 e. The second-order valence-electron chi connectivity index (χ2n) is 6.12. The number of anilines is 1. The summed E-state index contributed by atoms with van der Waals surface area (Å²) in [5.74, 6) is 1.97. The molecule has 0 atom stereocenters. The molecule has 2 rings (SSSR count). The highest BCUT2D eigenvalue weighted by Gasteiger charge is 2.20. The topological polar surface area (TPSA) is 33.1 Å². The van der Waals surface area contributed by atoms with Gasteiger partial charge in [0.25, 0.3) is 0 Å². The van der Waals surface area contributed by atoms with Crippen LogP contribution in [-0.2, 0) is 6.42 Å². The van der Waals surface area contributed by atoms with E-state index in [1.165, 1.54) is 31.6 Å². The van der Waals surface area contributed by atoms with Gasteiger partial charge in [-0.25, -0.2) is 4.98 Å². The Morgan fingerprint density at radius 3 is 2.60 bits per heavy atom. The molecular formula is C16H30N4. The van der Waals surface area contributed by atoms with Crippen LogP contribution in [0.15, 0.2) is 6.20 Å². The van der Waals surface area contributed by atoms with Crippen LogP contribution >= 0.6 is 0 Å². The number of nitrogens with zero attached hydrogens (tertiary/aromatic N) is 3. The van der Waals surface area contributed by atoms with Crippen LogP contribution in [0.5, 0.6) is 0 Å². The van der Waals surface area contributed by atoms with Gasteiger partial charge < -0.3 is 14.8 Å². The summed E-state index contributed by atoms with van der Waals surface area (Å²) in [6, 6.07) is 0.472. The van der Waals surface area contributed by atoms with Gasteiger partial charge in [-0.15, -0.1) is 0 Å². The second-order valence-corrected chi connectivity index (χ2v) is 6.12. The molecule has 4 nitrogen and oxygen atoms in total. The Bertz CT molecular complexity index is 405. The molecule has 0 aliphatic carbocycles. The van der Waals surface area contributed by atoms with Crippen LogP contribution in [0, 0.1) is 5.92 Å². The number of piperidine rings is 1. The number of nitrogens with one attached hydrogen (secondary N) is 1. The molecule has 4 heteroatoms. The summed E-state index contributed by atoms with van der Waals surface area (Å²) in [6.07, 6.45) is 5.82. The van der Waals surface area contributed by atoms with Crippen molar-refractivity contribution in [2.45, 2.75) is 53.0 Å². The van der Waals surface area contributed by atoms with Gasteiger partial charge in [0.05, 0.1) is 5.69 Å². The number of aryl methyl sites for hydroxylation is 1. The first kappa shape index (κ1) is 15.4. The van der Waals surface area contributed by atoms with E-state index in [9.17, 15) is 0 Å². The SMILES string of the molecule is CCc1cn(C(C)C)c(N(CC)CC2CCNCC2)n1. The molecule has 0 bridgehead atoms. The summed E-state index contributed by atoms with van der Waals surface area (Å²) >= 11 is 0. The Hall–Kier alpha value is -1.03. The zero-order valence-electron chi connectivity index (χ0n) is 13.5. The van der Waals surface area contributed by atoms with Crippen molar-refractivity contribution in [2.24, 2.45) is 5.92 Å². The van der Waals surface area contributed by atoms with E-state index >= 15 is 0 Å². The molecule has 0 spiro atoms. The Kier molecular flexibility index (Phi) is 5.46. The molecule has 0 amide bonds. The third kappa shape index (κ3) is 3.54. The fourth-order valence-corrected chi connectivity index (χ4v) is 2.95. The van der Waals surface area contributed by atoms with Crippen molar-refractivity contribution >= 4 is 5.95 Å². The summed E-state index contributed by atoms with van der Waals surface area (Å²) in [4.78, 5) is 7.33. The molecular weight excluding hydrogens is 248 g/mol. The van der Waals surface area contributed by atoms with Crippen molar-refractivity contribution in [3.05, 3.63) is 11.9 Å². The highest BCUT2D eigenvalue weighted by atomic mass is 15.3. The molecule has 1 N–H and O–H groups in total. The van der Waals surface area contributed by atoms with Crippen molar-refractivity contribution in [3.63, 3.8) is 0 Å². The molecule has 1 fully saturated rings. The van der Waals surface area contributed by atoms with Gasteiger partial charge in [-0.2, -0.15) is 0 Å². The zero-order valence-corrected chi connectivity index (χ0v) is 13.5. The average Bonchev–Trinajstić information content (AvgIpc) is 2.90. The fourth-order valence-electron chi connectivity index (χ4n) is 2.95. The number of aromatic nitrogens is 2. The van der Waals surface area contributed by atoms with Crippen LogP contribution in [0.3, 0.4) is 0 Å². The van der Waals surface area contributed by atoms with Crippen LogP contribution in [-0.4, -0.2) is 35.7 Å². The molecule has 0 saturated carbocycles. The van der Waals surface area contributed by atoms with Crippen molar-refractivity contribution in [3.8, 4) is 0 Å². The first-order valence-corrected chi connectivity index (χ1v) is 8.19. The van der Waals surface area contributed by atoms with Crippen LogP contribution in [0.4, 0.5) is 5.95 Å². The lowest BCUT2D eigenvalue weighted by atomic mass is 9.97. The maximum Gasteiger partial charge on any atom is 0.205 e. The zero-order chi connectivity index (χ0) is 14.5. The number of rotatable bonds is 6. The molecule has 114 valence electrons. The molecule has 1 aliphatic heterocycles. The van der Waals surface area contributed by atoms with E-state index in [0.717, 1.165) is 31.4 Å². The fraction of sp³-hybridized carbons (Fsp3) is 0.812. The summed E-state index contributed by atoms with van der Waals surface area (Å²) in [7, 11) is 0. The minimum Gasteiger partial charge on any atom is -0.342 e. The Morgan fingerprint density at radius 2 is 2.05 bits per heavy atom. The van der Waals surface area contributed by atoms with Crippen molar-refractivity contribution in [1.82, 2.24) is 14.9 Å². The van der Waals surface area contributed by atoms with Gasteiger partial charge in [-0.3, -0.25) is 0 Å². The molecule has 1 saturated heterocycles. The monoisotopic (exact) mass is 278 g/mol. The van der Waals surface area contributed by atoms with Gasteiger partial charge in [0.1, 0.15) is 0 Å². The van der Waals surface area contributed by atoms with Crippen molar-refractivity contribution in [2.75, 3.05) is 31.1 Å². The minimum atomic E-state index is 0.472. The van der Waals surface area contributed by atoms with E-state index in [1.54, 1.807) is 0 Å². The molecule has 0 aromatic carbocycles. The van der Waals surface area contributed by atoms with Gasteiger partial charge in [-0.05, 0) is 59.0 Å². The highest BCUT2D eigenvalue weighted by Crippen LogP contribution is 2.23. The normalized spacial score (nSPS) is 16.9. The van der Waals surface area contributed by atoms with Gasteiger partial charge >= 0.3 is 0 Å². The van der Waals surface area contributed by atoms with E-state index in [1.807, 2.05) is 0 Å². The second kappa shape index (κ2) is 7.11. The van der Waals surface area contributed by atoms with Crippen molar-refractivity contribution < 1.29 is 0 Å². The lowest BCUT2D eigenvalue weighted by molar-refractivity contribution is 0.371. The third-order valence-electron chi connectivity index (χ3n) is 4.28. The Balaban J connectivity index is 2.14. The van der Waals surface area contributed by atoms with Crippen molar-refractivity contribution in [1.29, 1.82) is 0 Å². The number of imidazole rings is 1. The molecule has 20 heavy (non-hydrogen) atoms. The predicted molar refractivity (Wildman–Crippen MR) is 85.5 cm³/mol. The van der Waals surface area contributed by atoms with Crippen LogP contribution in [0.2, 0.25) is 0 Å². The quantitative estimate of drug-likeness (QED) is 0.868. The highest BCUT2D eigenvalue weighted by molar-refractivity contribution is 5.34. The summed E-state index contributed by atoms with van der Waals surface area (Å²) in [5.41, 5.74) is 1.21. The third-order valence-corrected chi connectivity index (χ3v) is 4.28. The Morgan fingerprint density at radius 1 is 1.35 bits per heavy atom. The first-order chi connectivity index (χ1) is 9.65. The van der Waals surface area contributed by atoms with Gasteiger partial charge in [0.2, 0.25) is 5.95 Å². The van der Waals surface area contributed by atoms with E-state index in [2.05, 4.69) is 48.7 Å². The van der Waals surface area contributed by atoms with E-state index < -0.39 is 0 Å². The molecule has 1 aromatic heterocycles. The van der Waals surface area contributed by atoms with E-state index in [-0.39, 0.29) is 0 Å². The van der Waals surface area contributed by atoms with Gasteiger partial charge in [0, 0.05) is 25.3 Å². The number of hydrogen-bond donors (Lipinski definition) is 1. The predicted octanol–water partition coefficient (Wildman–Crippen LogP) is 2.85. The van der Waals surface area contributed by atoms with Gasteiger partial charge in [-0.1, -0.05) is 6.92 Å². The van der Waals surface area contributed by atoms with E-state index in [4.69, 9.17) is 4.98 Å². The molecule has 1 aromatic rings. The average molecular weight is 278 g/mol. The Labute approximate surface area is 123 Å². The van der Waals surface area contributed by atoms with Crippen LogP contribution in [0.1, 0.15) is 52.3 Å². The maximum absolute atomic E-state index is 4.86. The first-order valence-electron chi connectivity index (χ1n) is 8.19. The maximum atomic E-state index is 4.86. The molecule has 0 unspecified atom stereocenters. The molecule has 1 aliphatic rings. The lowest BCUT2D eigenvalue weighted by Gasteiger charge is -2.31.